The fourth-order valence-corrected chi connectivity index (χ4v) is 2.67. The van der Waals surface area contributed by atoms with Gasteiger partial charge >= 0.3 is 0 Å². The molecule has 0 fully saturated rings. The van der Waals surface area contributed by atoms with Crippen LogP contribution in [-0.2, 0) is 11.3 Å². The molecule has 3 aromatic rings. The van der Waals surface area contributed by atoms with Gasteiger partial charge in [0.25, 0.3) is 0 Å². The van der Waals surface area contributed by atoms with Gasteiger partial charge in [-0.1, -0.05) is 84.9 Å². The zero-order valence-corrected chi connectivity index (χ0v) is 13.8. The molecule has 0 saturated heterocycles. The molecule has 24 heavy (non-hydrogen) atoms. The third-order valence-electron chi connectivity index (χ3n) is 4.16. The van der Waals surface area contributed by atoms with E-state index in [2.05, 4.69) is 12.1 Å². The van der Waals surface area contributed by atoms with Crippen molar-refractivity contribution in [2.24, 2.45) is 0 Å². The van der Waals surface area contributed by atoms with E-state index in [1.165, 1.54) is 5.56 Å². The summed E-state index contributed by atoms with van der Waals surface area (Å²) in [5.74, 6) is 0. The SMILES string of the molecule is CC(OCc1ccccc1)[C@H](O)c1ccc(-c2ccccc2)cc1. The topological polar surface area (TPSA) is 29.5 Å². The minimum absolute atomic E-state index is 0.271. The highest BCUT2D eigenvalue weighted by atomic mass is 16.5. The van der Waals surface area contributed by atoms with Crippen molar-refractivity contribution < 1.29 is 9.84 Å². The lowest BCUT2D eigenvalue weighted by atomic mass is 10.00. The molecule has 122 valence electrons. The van der Waals surface area contributed by atoms with E-state index >= 15 is 0 Å². The van der Waals surface area contributed by atoms with E-state index in [9.17, 15) is 5.11 Å². The minimum atomic E-state index is -0.640. The number of ether oxygens (including phenoxy) is 1. The second-order valence-electron chi connectivity index (χ2n) is 5.93. The molecular formula is C22H22O2. The van der Waals surface area contributed by atoms with E-state index in [-0.39, 0.29) is 6.10 Å². The summed E-state index contributed by atoms with van der Waals surface area (Å²) in [5.41, 5.74) is 4.29. The van der Waals surface area contributed by atoms with E-state index in [1.54, 1.807) is 0 Å². The van der Waals surface area contributed by atoms with E-state index < -0.39 is 6.10 Å². The number of rotatable bonds is 6. The highest BCUT2D eigenvalue weighted by Crippen LogP contribution is 2.24. The van der Waals surface area contributed by atoms with Crippen molar-refractivity contribution >= 4 is 0 Å². The average molecular weight is 318 g/mol. The van der Waals surface area contributed by atoms with Crippen molar-refractivity contribution in [3.8, 4) is 11.1 Å². The van der Waals surface area contributed by atoms with Gasteiger partial charge in [0.1, 0.15) is 6.10 Å². The summed E-state index contributed by atoms with van der Waals surface area (Å²) in [6, 6.07) is 28.2. The van der Waals surface area contributed by atoms with Gasteiger partial charge in [-0.25, -0.2) is 0 Å². The Morgan fingerprint density at radius 2 is 1.29 bits per heavy atom. The van der Waals surface area contributed by atoms with Gasteiger partial charge in [0.2, 0.25) is 0 Å². The van der Waals surface area contributed by atoms with Crippen LogP contribution < -0.4 is 0 Å². The van der Waals surface area contributed by atoms with Gasteiger partial charge in [-0.05, 0) is 29.2 Å². The number of aliphatic hydroxyl groups excluding tert-OH is 1. The van der Waals surface area contributed by atoms with Gasteiger partial charge in [0.15, 0.2) is 0 Å². The largest absolute Gasteiger partial charge is 0.386 e. The molecule has 0 aliphatic heterocycles. The smallest absolute Gasteiger partial charge is 0.105 e. The van der Waals surface area contributed by atoms with Crippen LogP contribution in [0.3, 0.4) is 0 Å². The predicted octanol–water partition coefficient (Wildman–Crippen LogP) is 4.99. The van der Waals surface area contributed by atoms with Crippen LogP contribution in [0, 0.1) is 0 Å². The summed E-state index contributed by atoms with van der Waals surface area (Å²) in [6.45, 7) is 2.40. The summed E-state index contributed by atoms with van der Waals surface area (Å²) in [5, 5.41) is 10.5. The van der Waals surface area contributed by atoms with Crippen LogP contribution in [0.1, 0.15) is 24.2 Å². The van der Waals surface area contributed by atoms with E-state index in [1.807, 2.05) is 79.7 Å². The molecule has 0 aliphatic carbocycles. The van der Waals surface area contributed by atoms with Crippen LogP contribution in [-0.4, -0.2) is 11.2 Å². The molecule has 2 nitrogen and oxygen atoms in total. The van der Waals surface area contributed by atoms with E-state index in [4.69, 9.17) is 4.74 Å². The standard InChI is InChI=1S/C22H22O2/c1-17(24-16-18-8-4-2-5-9-18)22(23)21-14-12-20(13-15-21)19-10-6-3-7-11-19/h2-15,17,22-23H,16H2,1H3/t17?,22-/m0/s1. The zero-order valence-electron chi connectivity index (χ0n) is 13.8. The monoisotopic (exact) mass is 318 g/mol. The molecule has 1 unspecified atom stereocenters. The Balaban J connectivity index is 1.63. The first-order chi connectivity index (χ1) is 11.7. The maximum atomic E-state index is 10.5. The first kappa shape index (κ1) is 16.4. The summed E-state index contributed by atoms with van der Waals surface area (Å²) >= 11 is 0. The Hall–Kier alpha value is -2.42. The maximum Gasteiger partial charge on any atom is 0.105 e. The van der Waals surface area contributed by atoms with Crippen LogP contribution in [0.5, 0.6) is 0 Å². The van der Waals surface area contributed by atoms with E-state index in [0.717, 1.165) is 16.7 Å². The van der Waals surface area contributed by atoms with Gasteiger partial charge in [0, 0.05) is 0 Å². The zero-order chi connectivity index (χ0) is 16.8. The van der Waals surface area contributed by atoms with Crippen LogP contribution in [0.4, 0.5) is 0 Å². The quantitative estimate of drug-likeness (QED) is 0.693. The Kier molecular flexibility index (Phi) is 5.42. The predicted molar refractivity (Wildman–Crippen MR) is 97.5 cm³/mol. The molecule has 3 rings (SSSR count). The molecule has 0 heterocycles. The van der Waals surface area contributed by atoms with Gasteiger partial charge in [-0.3, -0.25) is 0 Å². The van der Waals surface area contributed by atoms with Gasteiger partial charge in [-0.2, -0.15) is 0 Å². The Morgan fingerprint density at radius 1 is 0.750 bits per heavy atom. The summed E-state index contributed by atoms with van der Waals surface area (Å²) in [6.07, 6.45) is -0.911. The van der Waals surface area contributed by atoms with Gasteiger partial charge < -0.3 is 9.84 Å². The molecule has 0 spiro atoms. The molecule has 3 aromatic carbocycles. The van der Waals surface area contributed by atoms with Crippen molar-refractivity contribution in [1.82, 2.24) is 0 Å². The Labute approximate surface area is 143 Å². The number of hydrogen-bond acceptors (Lipinski definition) is 2. The molecule has 0 aliphatic rings. The molecule has 1 N–H and O–H groups in total. The molecule has 0 radical (unpaired) electrons. The van der Waals surface area contributed by atoms with Gasteiger partial charge in [-0.15, -0.1) is 0 Å². The molecular weight excluding hydrogens is 296 g/mol. The molecule has 2 heteroatoms. The normalized spacial score (nSPS) is 13.4. The Morgan fingerprint density at radius 3 is 1.92 bits per heavy atom. The fourth-order valence-electron chi connectivity index (χ4n) is 2.67. The lowest BCUT2D eigenvalue weighted by Gasteiger charge is -2.20. The Bertz CT molecular complexity index is 736. The van der Waals surface area contributed by atoms with Crippen LogP contribution in [0.15, 0.2) is 84.9 Å². The summed E-state index contributed by atoms with van der Waals surface area (Å²) < 4.78 is 5.81. The van der Waals surface area contributed by atoms with Crippen molar-refractivity contribution in [3.05, 3.63) is 96.1 Å². The van der Waals surface area contributed by atoms with Crippen LogP contribution >= 0.6 is 0 Å². The summed E-state index contributed by atoms with van der Waals surface area (Å²) in [7, 11) is 0. The second kappa shape index (κ2) is 7.91. The lowest BCUT2D eigenvalue weighted by Crippen LogP contribution is -2.18. The molecule has 0 aromatic heterocycles. The van der Waals surface area contributed by atoms with Crippen molar-refractivity contribution in [3.63, 3.8) is 0 Å². The average Bonchev–Trinajstić information content (AvgIpc) is 2.67. The summed E-state index contributed by atoms with van der Waals surface area (Å²) in [4.78, 5) is 0. The number of benzene rings is 3. The molecule has 0 saturated carbocycles. The maximum absolute atomic E-state index is 10.5. The minimum Gasteiger partial charge on any atom is -0.386 e. The first-order valence-corrected chi connectivity index (χ1v) is 8.23. The number of hydrogen-bond donors (Lipinski definition) is 1. The fraction of sp³-hybridized carbons (Fsp3) is 0.182. The molecule has 2 atom stereocenters. The van der Waals surface area contributed by atoms with Crippen LogP contribution in [0.2, 0.25) is 0 Å². The van der Waals surface area contributed by atoms with E-state index in [0.29, 0.717) is 6.61 Å². The molecule has 0 bridgehead atoms. The van der Waals surface area contributed by atoms with Crippen molar-refractivity contribution in [1.29, 1.82) is 0 Å². The van der Waals surface area contributed by atoms with Crippen molar-refractivity contribution in [2.45, 2.75) is 25.7 Å². The van der Waals surface area contributed by atoms with Crippen molar-refractivity contribution in [2.75, 3.05) is 0 Å². The second-order valence-corrected chi connectivity index (χ2v) is 5.93. The third kappa shape index (κ3) is 4.10. The lowest BCUT2D eigenvalue weighted by molar-refractivity contribution is -0.0364. The van der Waals surface area contributed by atoms with Gasteiger partial charge in [0.05, 0.1) is 12.7 Å². The third-order valence-corrected chi connectivity index (χ3v) is 4.16. The highest BCUT2D eigenvalue weighted by molar-refractivity contribution is 5.63. The highest BCUT2D eigenvalue weighted by Gasteiger charge is 2.17. The first-order valence-electron chi connectivity index (χ1n) is 8.23. The number of aliphatic hydroxyl groups is 1. The molecule has 0 amide bonds. The van der Waals surface area contributed by atoms with Crippen LogP contribution in [0.25, 0.3) is 11.1 Å².